The Hall–Kier alpha value is -1.35. The minimum absolute atomic E-state index is 0.000283. The lowest BCUT2D eigenvalue weighted by molar-refractivity contribution is -0.123. The molecule has 0 heterocycles. The van der Waals surface area contributed by atoms with Gasteiger partial charge in [0.1, 0.15) is 0 Å². The van der Waals surface area contributed by atoms with E-state index >= 15 is 0 Å². The monoisotopic (exact) mass is 248 g/mol. The van der Waals surface area contributed by atoms with E-state index in [9.17, 15) is 4.79 Å². The van der Waals surface area contributed by atoms with Crippen LogP contribution in [0.3, 0.4) is 0 Å². The van der Waals surface area contributed by atoms with Crippen molar-refractivity contribution in [3.8, 4) is 0 Å². The van der Waals surface area contributed by atoms with Crippen molar-refractivity contribution in [3.63, 3.8) is 0 Å². The predicted octanol–water partition coefficient (Wildman–Crippen LogP) is 2.61. The molecule has 0 fully saturated rings. The molecule has 0 radical (unpaired) electrons. The van der Waals surface area contributed by atoms with Crippen LogP contribution < -0.4 is 11.1 Å². The molecular formula is C15H24N2O. The molecule has 3 N–H and O–H groups in total. The lowest BCUT2D eigenvalue weighted by Gasteiger charge is -2.20. The van der Waals surface area contributed by atoms with Crippen molar-refractivity contribution < 1.29 is 4.79 Å². The van der Waals surface area contributed by atoms with Crippen LogP contribution in [0.4, 0.5) is 0 Å². The van der Waals surface area contributed by atoms with Gasteiger partial charge in [0, 0.05) is 0 Å². The summed E-state index contributed by atoms with van der Waals surface area (Å²) in [6.45, 7) is 8.19. The third kappa shape index (κ3) is 3.57. The summed E-state index contributed by atoms with van der Waals surface area (Å²) in [7, 11) is 0. The van der Waals surface area contributed by atoms with Gasteiger partial charge in [0.05, 0.1) is 12.1 Å². The zero-order chi connectivity index (χ0) is 13.7. The second-order valence-corrected chi connectivity index (χ2v) is 4.91. The molecule has 2 unspecified atom stereocenters. The minimum atomic E-state index is -0.400. The molecule has 0 aromatic heterocycles. The number of rotatable bonds is 5. The summed E-state index contributed by atoms with van der Waals surface area (Å²) < 4.78 is 0. The van der Waals surface area contributed by atoms with Crippen LogP contribution in [0.5, 0.6) is 0 Å². The van der Waals surface area contributed by atoms with Gasteiger partial charge >= 0.3 is 0 Å². The van der Waals surface area contributed by atoms with Crippen LogP contribution in [-0.4, -0.2) is 11.9 Å². The lowest BCUT2D eigenvalue weighted by atomic mass is 9.98. The van der Waals surface area contributed by atoms with Gasteiger partial charge in [-0.2, -0.15) is 0 Å². The van der Waals surface area contributed by atoms with E-state index in [1.54, 1.807) is 0 Å². The zero-order valence-electron chi connectivity index (χ0n) is 11.8. The number of nitrogens with one attached hydrogen (secondary N) is 1. The molecule has 0 saturated heterocycles. The van der Waals surface area contributed by atoms with Gasteiger partial charge in [-0.1, -0.05) is 31.5 Å². The fourth-order valence-electron chi connectivity index (χ4n) is 2.08. The molecular weight excluding hydrogens is 224 g/mol. The van der Waals surface area contributed by atoms with E-state index in [2.05, 4.69) is 31.3 Å². The number of hydrogen-bond donors (Lipinski definition) is 2. The van der Waals surface area contributed by atoms with Crippen LogP contribution in [-0.2, 0) is 4.79 Å². The quantitative estimate of drug-likeness (QED) is 0.841. The van der Waals surface area contributed by atoms with E-state index in [1.807, 2.05) is 19.9 Å². The van der Waals surface area contributed by atoms with Gasteiger partial charge in [0.15, 0.2) is 0 Å². The highest BCUT2D eigenvalue weighted by atomic mass is 16.2. The number of hydrogen-bond acceptors (Lipinski definition) is 2. The highest BCUT2D eigenvalue weighted by Crippen LogP contribution is 2.20. The Kier molecular flexibility index (Phi) is 5.35. The van der Waals surface area contributed by atoms with Gasteiger partial charge in [-0.3, -0.25) is 4.79 Å². The first-order chi connectivity index (χ1) is 8.47. The van der Waals surface area contributed by atoms with Crippen molar-refractivity contribution in [3.05, 3.63) is 34.9 Å². The van der Waals surface area contributed by atoms with E-state index in [0.29, 0.717) is 0 Å². The van der Waals surface area contributed by atoms with Crippen molar-refractivity contribution in [1.29, 1.82) is 0 Å². The van der Waals surface area contributed by atoms with Gasteiger partial charge in [-0.15, -0.1) is 0 Å². The van der Waals surface area contributed by atoms with Crippen LogP contribution in [0.2, 0.25) is 0 Å². The highest BCUT2D eigenvalue weighted by Gasteiger charge is 2.16. The summed E-state index contributed by atoms with van der Waals surface area (Å²) in [4.78, 5) is 11.9. The lowest BCUT2D eigenvalue weighted by Crippen LogP contribution is -2.41. The fourth-order valence-corrected chi connectivity index (χ4v) is 2.08. The summed E-state index contributed by atoms with van der Waals surface area (Å²) in [5.41, 5.74) is 9.44. The number of amides is 1. The van der Waals surface area contributed by atoms with Gasteiger partial charge in [0.2, 0.25) is 5.91 Å². The number of nitrogens with two attached hydrogens (primary N) is 1. The van der Waals surface area contributed by atoms with Crippen LogP contribution in [0.15, 0.2) is 18.2 Å². The Balaban J connectivity index is 2.73. The maximum absolute atomic E-state index is 11.9. The van der Waals surface area contributed by atoms with Gasteiger partial charge in [0.25, 0.3) is 0 Å². The second-order valence-electron chi connectivity index (χ2n) is 4.91. The molecule has 1 amide bonds. The molecule has 2 atom stereocenters. The van der Waals surface area contributed by atoms with Gasteiger partial charge in [-0.25, -0.2) is 0 Å². The van der Waals surface area contributed by atoms with Crippen LogP contribution in [0.1, 0.15) is 49.4 Å². The molecule has 0 aliphatic heterocycles. The Morgan fingerprint density at radius 2 is 2.06 bits per heavy atom. The largest absolute Gasteiger partial charge is 0.348 e. The molecule has 0 aliphatic carbocycles. The van der Waals surface area contributed by atoms with Crippen molar-refractivity contribution in [1.82, 2.24) is 5.32 Å². The summed E-state index contributed by atoms with van der Waals surface area (Å²) in [5, 5.41) is 2.98. The first kappa shape index (κ1) is 14.7. The van der Waals surface area contributed by atoms with E-state index in [1.165, 1.54) is 11.1 Å². The zero-order valence-corrected chi connectivity index (χ0v) is 11.8. The Morgan fingerprint density at radius 1 is 1.39 bits per heavy atom. The summed E-state index contributed by atoms with van der Waals surface area (Å²) in [5.74, 6) is -0.0646. The fraction of sp³-hybridized carbons (Fsp3) is 0.533. The molecule has 0 aliphatic rings. The van der Waals surface area contributed by atoms with Gasteiger partial charge < -0.3 is 11.1 Å². The highest BCUT2D eigenvalue weighted by molar-refractivity contribution is 5.81. The maximum atomic E-state index is 11.9. The Labute approximate surface area is 110 Å². The molecule has 0 saturated carbocycles. The second kappa shape index (κ2) is 6.55. The van der Waals surface area contributed by atoms with Crippen LogP contribution in [0, 0.1) is 13.8 Å². The SMILES string of the molecule is CCCC(N)C(=O)NC(C)c1cccc(C)c1C. The first-order valence-corrected chi connectivity index (χ1v) is 6.59. The number of benzene rings is 1. The number of carbonyl (C=O) groups is 1. The molecule has 0 spiro atoms. The molecule has 3 heteroatoms. The molecule has 1 rings (SSSR count). The number of aryl methyl sites for hydroxylation is 1. The Bertz CT molecular complexity index is 415. The summed E-state index contributed by atoms with van der Waals surface area (Å²) in [6.07, 6.45) is 1.65. The molecule has 0 bridgehead atoms. The third-order valence-corrected chi connectivity index (χ3v) is 3.41. The topological polar surface area (TPSA) is 55.1 Å². The van der Waals surface area contributed by atoms with E-state index in [4.69, 9.17) is 5.73 Å². The molecule has 18 heavy (non-hydrogen) atoms. The molecule has 3 nitrogen and oxygen atoms in total. The van der Waals surface area contributed by atoms with E-state index < -0.39 is 6.04 Å². The summed E-state index contributed by atoms with van der Waals surface area (Å²) in [6, 6.07) is 5.75. The molecule has 100 valence electrons. The van der Waals surface area contributed by atoms with E-state index in [-0.39, 0.29) is 11.9 Å². The third-order valence-electron chi connectivity index (χ3n) is 3.41. The first-order valence-electron chi connectivity index (χ1n) is 6.59. The average Bonchev–Trinajstić information content (AvgIpc) is 2.32. The molecule has 1 aromatic rings. The standard InChI is InChI=1S/C15H24N2O/c1-5-7-14(16)15(18)17-12(4)13-9-6-8-10(2)11(13)3/h6,8-9,12,14H,5,7,16H2,1-4H3,(H,17,18). The molecule has 1 aromatic carbocycles. The number of carbonyl (C=O) groups excluding carboxylic acids is 1. The Morgan fingerprint density at radius 3 is 2.67 bits per heavy atom. The predicted molar refractivity (Wildman–Crippen MR) is 75.4 cm³/mol. The van der Waals surface area contributed by atoms with Gasteiger partial charge in [-0.05, 0) is 43.9 Å². The van der Waals surface area contributed by atoms with Crippen LogP contribution in [0.25, 0.3) is 0 Å². The maximum Gasteiger partial charge on any atom is 0.237 e. The smallest absolute Gasteiger partial charge is 0.237 e. The van der Waals surface area contributed by atoms with Crippen LogP contribution >= 0.6 is 0 Å². The van der Waals surface area contributed by atoms with Crippen molar-refractivity contribution in [2.75, 3.05) is 0 Å². The van der Waals surface area contributed by atoms with Crippen molar-refractivity contribution in [2.24, 2.45) is 5.73 Å². The normalized spacial score (nSPS) is 14.1. The van der Waals surface area contributed by atoms with E-state index in [0.717, 1.165) is 18.4 Å². The minimum Gasteiger partial charge on any atom is -0.348 e. The average molecular weight is 248 g/mol. The van der Waals surface area contributed by atoms with Crippen molar-refractivity contribution >= 4 is 5.91 Å². The summed E-state index contributed by atoms with van der Waals surface area (Å²) >= 11 is 0. The van der Waals surface area contributed by atoms with Crippen molar-refractivity contribution in [2.45, 2.75) is 52.6 Å².